The Balaban J connectivity index is 2.03. The van der Waals surface area contributed by atoms with Crippen LogP contribution in [0.5, 0.6) is 0 Å². The van der Waals surface area contributed by atoms with Crippen LogP contribution in [0.3, 0.4) is 0 Å². The maximum absolute atomic E-state index is 12.6. The molecular weight excluding hydrogens is 292 g/mol. The Morgan fingerprint density at radius 1 is 1.26 bits per heavy atom. The Kier molecular flexibility index (Phi) is 6.03. The SMILES string of the molecule is CC1CN(C(=O)/C(C#N)=C\N(C)C2CCN(C)CC2)CC(C)O1. The van der Waals surface area contributed by atoms with Gasteiger partial charge in [0, 0.05) is 32.4 Å². The maximum atomic E-state index is 12.6. The summed E-state index contributed by atoms with van der Waals surface area (Å²) in [5, 5.41) is 9.42. The van der Waals surface area contributed by atoms with Gasteiger partial charge in [0.2, 0.25) is 0 Å². The van der Waals surface area contributed by atoms with Gasteiger partial charge < -0.3 is 19.4 Å². The zero-order valence-electron chi connectivity index (χ0n) is 14.7. The smallest absolute Gasteiger partial charge is 0.266 e. The second-order valence-electron chi connectivity index (χ2n) is 6.82. The maximum Gasteiger partial charge on any atom is 0.266 e. The number of carbonyl (C=O) groups is 1. The van der Waals surface area contributed by atoms with E-state index in [0.717, 1.165) is 25.9 Å². The fourth-order valence-corrected chi connectivity index (χ4v) is 3.36. The molecule has 0 saturated carbocycles. The van der Waals surface area contributed by atoms with E-state index in [4.69, 9.17) is 4.74 Å². The quantitative estimate of drug-likeness (QED) is 0.575. The van der Waals surface area contributed by atoms with Crippen molar-refractivity contribution in [3.8, 4) is 6.07 Å². The Labute approximate surface area is 139 Å². The van der Waals surface area contributed by atoms with Crippen molar-refractivity contribution < 1.29 is 9.53 Å². The first-order valence-corrected chi connectivity index (χ1v) is 8.37. The van der Waals surface area contributed by atoms with Crippen molar-refractivity contribution in [2.75, 3.05) is 40.3 Å². The van der Waals surface area contributed by atoms with Gasteiger partial charge in [0.05, 0.1) is 12.2 Å². The van der Waals surface area contributed by atoms with Gasteiger partial charge >= 0.3 is 0 Å². The number of likely N-dealkylation sites (tertiary alicyclic amines) is 1. The Bertz CT molecular complexity index is 481. The van der Waals surface area contributed by atoms with Crippen LogP contribution >= 0.6 is 0 Å². The Morgan fingerprint density at radius 3 is 2.35 bits per heavy atom. The summed E-state index contributed by atoms with van der Waals surface area (Å²) in [5.41, 5.74) is 0.215. The molecule has 2 fully saturated rings. The summed E-state index contributed by atoms with van der Waals surface area (Å²) in [6.45, 7) is 7.10. The van der Waals surface area contributed by atoms with Crippen LogP contribution < -0.4 is 0 Å². The first-order valence-electron chi connectivity index (χ1n) is 8.37. The minimum absolute atomic E-state index is 0.00857. The highest BCUT2D eigenvalue weighted by Gasteiger charge is 2.28. The Hall–Kier alpha value is -1.58. The minimum Gasteiger partial charge on any atom is -0.376 e. The lowest BCUT2D eigenvalue weighted by Crippen LogP contribution is -2.48. The molecule has 2 heterocycles. The summed E-state index contributed by atoms with van der Waals surface area (Å²) in [4.78, 5) is 18.7. The molecule has 2 aliphatic heterocycles. The van der Waals surface area contributed by atoms with Crippen LogP contribution in [0.15, 0.2) is 11.8 Å². The molecule has 0 spiro atoms. The van der Waals surface area contributed by atoms with Crippen molar-refractivity contribution >= 4 is 5.91 Å². The van der Waals surface area contributed by atoms with Gasteiger partial charge in [0.25, 0.3) is 5.91 Å². The highest BCUT2D eigenvalue weighted by Crippen LogP contribution is 2.17. The van der Waals surface area contributed by atoms with Crippen molar-refractivity contribution in [1.82, 2.24) is 14.7 Å². The number of hydrogen-bond donors (Lipinski definition) is 0. The summed E-state index contributed by atoms with van der Waals surface area (Å²) in [5.74, 6) is -0.186. The molecule has 1 amide bonds. The molecule has 23 heavy (non-hydrogen) atoms. The van der Waals surface area contributed by atoms with Crippen LogP contribution in [0.1, 0.15) is 26.7 Å². The number of rotatable bonds is 3. The molecule has 2 atom stereocenters. The topological polar surface area (TPSA) is 59.8 Å². The third-order valence-electron chi connectivity index (χ3n) is 4.65. The van der Waals surface area contributed by atoms with Gasteiger partial charge in [-0.1, -0.05) is 0 Å². The van der Waals surface area contributed by atoms with Crippen molar-refractivity contribution in [3.63, 3.8) is 0 Å². The lowest BCUT2D eigenvalue weighted by molar-refractivity contribution is -0.138. The van der Waals surface area contributed by atoms with E-state index in [0.29, 0.717) is 19.1 Å². The van der Waals surface area contributed by atoms with E-state index in [2.05, 4.69) is 18.0 Å². The predicted molar refractivity (Wildman–Crippen MR) is 88.6 cm³/mol. The van der Waals surface area contributed by atoms with E-state index in [1.165, 1.54) is 0 Å². The number of amides is 1. The van der Waals surface area contributed by atoms with Gasteiger partial charge in [0.15, 0.2) is 0 Å². The zero-order valence-corrected chi connectivity index (χ0v) is 14.7. The molecule has 0 N–H and O–H groups in total. The number of piperidine rings is 1. The molecule has 0 aromatic rings. The average Bonchev–Trinajstić information content (AvgIpc) is 2.51. The lowest BCUT2D eigenvalue weighted by atomic mass is 10.0. The van der Waals surface area contributed by atoms with E-state index in [1.54, 1.807) is 11.1 Å². The number of carbonyl (C=O) groups excluding carboxylic acids is 1. The van der Waals surface area contributed by atoms with E-state index in [9.17, 15) is 10.1 Å². The van der Waals surface area contributed by atoms with Crippen molar-refractivity contribution in [3.05, 3.63) is 11.8 Å². The third-order valence-corrected chi connectivity index (χ3v) is 4.65. The van der Waals surface area contributed by atoms with Gasteiger partial charge in [0.1, 0.15) is 11.6 Å². The standard InChI is InChI=1S/C17H28N4O2/c1-13-10-21(11-14(2)23-13)17(22)15(9-18)12-20(4)16-5-7-19(3)8-6-16/h12-14,16H,5-8,10-11H2,1-4H3/b15-12-. The van der Waals surface area contributed by atoms with Crippen LogP contribution in [0.2, 0.25) is 0 Å². The summed E-state index contributed by atoms with van der Waals surface area (Å²) in [6, 6.07) is 2.48. The summed E-state index contributed by atoms with van der Waals surface area (Å²) >= 11 is 0. The summed E-state index contributed by atoms with van der Waals surface area (Å²) in [6.07, 6.45) is 3.86. The molecule has 0 radical (unpaired) electrons. The molecule has 0 aromatic carbocycles. The summed E-state index contributed by atoms with van der Waals surface area (Å²) < 4.78 is 5.65. The van der Waals surface area contributed by atoms with Gasteiger partial charge in [-0.15, -0.1) is 0 Å². The van der Waals surface area contributed by atoms with Crippen molar-refractivity contribution in [2.45, 2.75) is 44.9 Å². The molecule has 0 bridgehead atoms. The summed E-state index contributed by atoms with van der Waals surface area (Å²) in [7, 11) is 4.09. The van der Waals surface area contributed by atoms with Gasteiger partial charge in [-0.3, -0.25) is 4.79 Å². The van der Waals surface area contributed by atoms with E-state index < -0.39 is 0 Å². The first-order chi connectivity index (χ1) is 10.9. The number of ether oxygens (including phenoxy) is 1. The zero-order chi connectivity index (χ0) is 17.0. The number of nitriles is 1. The largest absolute Gasteiger partial charge is 0.376 e. The van der Waals surface area contributed by atoms with E-state index in [1.807, 2.05) is 25.8 Å². The van der Waals surface area contributed by atoms with Crippen LogP contribution in [0.25, 0.3) is 0 Å². The van der Waals surface area contributed by atoms with Crippen LogP contribution in [0.4, 0.5) is 0 Å². The van der Waals surface area contributed by atoms with Gasteiger partial charge in [-0.25, -0.2) is 0 Å². The molecule has 0 aliphatic carbocycles. The minimum atomic E-state index is -0.186. The highest BCUT2D eigenvalue weighted by atomic mass is 16.5. The average molecular weight is 320 g/mol. The van der Waals surface area contributed by atoms with Crippen molar-refractivity contribution in [1.29, 1.82) is 5.26 Å². The van der Waals surface area contributed by atoms with Crippen LogP contribution in [0, 0.1) is 11.3 Å². The molecule has 6 heteroatoms. The third kappa shape index (κ3) is 4.69. The second kappa shape index (κ2) is 7.80. The molecule has 6 nitrogen and oxygen atoms in total. The van der Waals surface area contributed by atoms with Crippen LogP contribution in [-0.2, 0) is 9.53 Å². The normalized spacial score (nSPS) is 27.6. The van der Waals surface area contributed by atoms with Crippen LogP contribution in [-0.4, -0.2) is 79.1 Å². The molecular formula is C17H28N4O2. The molecule has 2 rings (SSSR count). The molecule has 2 unspecified atom stereocenters. The predicted octanol–water partition coefficient (Wildman–Crippen LogP) is 1.06. The number of hydrogen-bond acceptors (Lipinski definition) is 5. The number of morpholine rings is 1. The van der Waals surface area contributed by atoms with E-state index in [-0.39, 0.29) is 23.7 Å². The first kappa shape index (κ1) is 17.8. The fraction of sp³-hybridized carbons (Fsp3) is 0.765. The number of nitrogens with zero attached hydrogens (tertiary/aromatic N) is 4. The van der Waals surface area contributed by atoms with Gasteiger partial charge in [-0.2, -0.15) is 5.26 Å². The monoisotopic (exact) mass is 320 g/mol. The lowest BCUT2D eigenvalue weighted by Gasteiger charge is -2.36. The molecule has 2 aliphatic rings. The molecule has 2 saturated heterocycles. The van der Waals surface area contributed by atoms with Crippen molar-refractivity contribution in [2.24, 2.45) is 0 Å². The highest BCUT2D eigenvalue weighted by molar-refractivity contribution is 5.97. The Morgan fingerprint density at radius 2 is 1.83 bits per heavy atom. The molecule has 128 valence electrons. The fourth-order valence-electron chi connectivity index (χ4n) is 3.36. The van der Waals surface area contributed by atoms with Gasteiger partial charge in [-0.05, 0) is 46.8 Å². The van der Waals surface area contributed by atoms with E-state index >= 15 is 0 Å². The molecule has 0 aromatic heterocycles. The second-order valence-corrected chi connectivity index (χ2v) is 6.82.